The maximum atomic E-state index is 12.8. The lowest BCUT2D eigenvalue weighted by atomic mass is 10.1. The van der Waals surface area contributed by atoms with Gasteiger partial charge in [-0.1, -0.05) is 12.1 Å². The van der Waals surface area contributed by atoms with E-state index in [0.717, 1.165) is 19.1 Å². The van der Waals surface area contributed by atoms with Gasteiger partial charge in [0.05, 0.1) is 12.1 Å². The molecule has 0 aromatic heterocycles. The number of carboxylic acids is 1. The highest BCUT2D eigenvalue weighted by molar-refractivity contribution is 5.82. The average Bonchev–Trinajstić information content (AvgIpc) is 2.44. The first-order valence-electron chi connectivity index (χ1n) is 6.51. The molecular formula is C14H16F3NO5. The van der Waals surface area contributed by atoms with Crippen molar-refractivity contribution in [3.05, 3.63) is 29.8 Å². The lowest BCUT2D eigenvalue weighted by molar-refractivity contribution is -0.156. The number of rotatable bonds is 6. The van der Waals surface area contributed by atoms with Crippen LogP contribution >= 0.6 is 0 Å². The summed E-state index contributed by atoms with van der Waals surface area (Å²) in [6.07, 6.45) is -5.96. The predicted molar refractivity (Wildman–Crippen MR) is 72.8 cm³/mol. The van der Waals surface area contributed by atoms with E-state index in [-0.39, 0.29) is 0 Å². The summed E-state index contributed by atoms with van der Waals surface area (Å²) in [6, 6.07) is 4.39. The molecule has 0 fully saturated rings. The van der Waals surface area contributed by atoms with Crippen molar-refractivity contribution in [2.24, 2.45) is 0 Å². The second-order valence-electron chi connectivity index (χ2n) is 5.05. The number of carboxylic acid groups (broad SMARTS) is 1. The van der Waals surface area contributed by atoms with E-state index < -0.39 is 47.6 Å². The molecule has 0 spiro atoms. The molecule has 2 unspecified atom stereocenters. The van der Waals surface area contributed by atoms with Gasteiger partial charge in [0.2, 0.25) is 0 Å². The first-order chi connectivity index (χ1) is 10.4. The minimum Gasteiger partial charge on any atom is -0.480 e. The van der Waals surface area contributed by atoms with E-state index in [1.54, 1.807) is 0 Å². The van der Waals surface area contributed by atoms with Crippen LogP contribution in [-0.2, 0) is 15.8 Å². The number of aliphatic carboxylic acids is 1. The highest BCUT2D eigenvalue weighted by Crippen LogP contribution is 2.36. The van der Waals surface area contributed by atoms with Crippen molar-refractivity contribution in [2.45, 2.75) is 31.7 Å². The molecule has 0 aliphatic heterocycles. The summed E-state index contributed by atoms with van der Waals surface area (Å²) in [5.41, 5.74) is -3.23. The molecular weight excluding hydrogens is 319 g/mol. The molecule has 0 aliphatic rings. The second kappa shape index (κ2) is 6.86. The topological polar surface area (TPSA) is 95.9 Å². The van der Waals surface area contributed by atoms with Crippen molar-refractivity contribution in [2.75, 3.05) is 6.54 Å². The van der Waals surface area contributed by atoms with Crippen molar-refractivity contribution in [1.29, 1.82) is 0 Å². The fourth-order valence-corrected chi connectivity index (χ4v) is 1.53. The lowest BCUT2D eigenvalue weighted by Crippen LogP contribution is -2.49. The second-order valence-corrected chi connectivity index (χ2v) is 5.05. The van der Waals surface area contributed by atoms with Crippen molar-refractivity contribution in [3.63, 3.8) is 0 Å². The maximum absolute atomic E-state index is 12.8. The van der Waals surface area contributed by atoms with Gasteiger partial charge < -0.3 is 20.3 Å². The standard InChI is InChI=1S/C14H16F3NO5/c1-8(11(19)18-7-13(2,22)12(20)21)23-10-6-4-3-5-9(10)14(15,16)17/h3-6,8,22H,7H2,1-2H3,(H,18,19)(H,20,21). The summed E-state index contributed by atoms with van der Waals surface area (Å²) >= 11 is 0. The summed E-state index contributed by atoms with van der Waals surface area (Å²) in [4.78, 5) is 22.4. The third-order valence-electron chi connectivity index (χ3n) is 2.93. The summed E-state index contributed by atoms with van der Waals surface area (Å²) < 4.78 is 43.4. The molecule has 128 valence electrons. The molecule has 6 nitrogen and oxygen atoms in total. The first-order valence-corrected chi connectivity index (χ1v) is 6.51. The summed E-state index contributed by atoms with van der Waals surface area (Å²) in [5.74, 6) is -2.93. The zero-order valence-corrected chi connectivity index (χ0v) is 12.3. The van der Waals surface area contributed by atoms with Crippen LogP contribution in [0, 0.1) is 0 Å². The summed E-state index contributed by atoms with van der Waals surface area (Å²) in [5, 5.41) is 20.3. The van der Waals surface area contributed by atoms with Crippen molar-refractivity contribution < 1.29 is 37.7 Å². The molecule has 0 radical (unpaired) electrons. The van der Waals surface area contributed by atoms with E-state index in [0.29, 0.717) is 0 Å². The maximum Gasteiger partial charge on any atom is 0.419 e. The number of para-hydroxylation sites is 1. The first kappa shape index (κ1) is 18.8. The molecule has 1 amide bonds. The molecule has 1 aromatic rings. The van der Waals surface area contributed by atoms with Crippen LogP contribution < -0.4 is 10.1 Å². The summed E-state index contributed by atoms with van der Waals surface area (Å²) in [6.45, 7) is 1.56. The van der Waals surface area contributed by atoms with Crippen molar-refractivity contribution >= 4 is 11.9 Å². The number of halogens is 3. The average molecular weight is 335 g/mol. The number of ether oxygens (including phenoxy) is 1. The SMILES string of the molecule is CC(Oc1ccccc1C(F)(F)F)C(=O)NCC(C)(O)C(=O)O. The Balaban J connectivity index is 2.75. The molecule has 1 rings (SSSR count). The molecule has 23 heavy (non-hydrogen) atoms. The number of carbonyl (C=O) groups excluding carboxylic acids is 1. The molecule has 9 heteroatoms. The van der Waals surface area contributed by atoms with Gasteiger partial charge in [-0.25, -0.2) is 4.79 Å². The highest BCUT2D eigenvalue weighted by atomic mass is 19.4. The minimum absolute atomic E-state index is 0.521. The van der Waals surface area contributed by atoms with Gasteiger partial charge in [0, 0.05) is 0 Å². The van der Waals surface area contributed by atoms with Crippen molar-refractivity contribution in [1.82, 2.24) is 5.32 Å². The monoisotopic (exact) mass is 335 g/mol. The van der Waals surface area contributed by atoms with Gasteiger partial charge in [0.25, 0.3) is 5.91 Å². The molecule has 1 aromatic carbocycles. The zero-order valence-electron chi connectivity index (χ0n) is 12.3. The van der Waals surface area contributed by atoms with Crippen LogP contribution in [0.3, 0.4) is 0 Å². The van der Waals surface area contributed by atoms with Gasteiger partial charge >= 0.3 is 12.1 Å². The van der Waals surface area contributed by atoms with E-state index >= 15 is 0 Å². The van der Waals surface area contributed by atoms with Crippen molar-refractivity contribution in [3.8, 4) is 5.75 Å². The number of benzene rings is 1. The quantitative estimate of drug-likeness (QED) is 0.731. The Hall–Kier alpha value is -2.29. The number of hydrogen-bond donors (Lipinski definition) is 3. The van der Waals surface area contributed by atoms with Crippen LogP contribution in [0.5, 0.6) is 5.75 Å². The molecule has 0 heterocycles. The molecule has 0 saturated carbocycles. The third kappa shape index (κ3) is 5.13. The van der Waals surface area contributed by atoms with Gasteiger partial charge in [-0.3, -0.25) is 4.79 Å². The smallest absolute Gasteiger partial charge is 0.419 e. The fraction of sp³-hybridized carbons (Fsp3) is 0.429. The number of alkyl halides is 3. The van der Waals surface area contributed by atoms with E-state index in [1.165, 1.54) is 19.1 Å². The van der Waals surface area contributed by atoms with Crippen LogP contribution in [0.4, 0.5) is 13.2 Å². The molecule has 0 saturated heterocycles. The van der Waals surface area contributed by atoms with Gasteiger partial charge in [0.1, 0.15) is 5.75 Å². The Morgan fingerprint density at radius 1 is 1.30 bits per heavy atom. The summed E-state index contributed by atoms with van der Waals surface area (Å²) in [7, 11) is 0. The molecule has 0 bridgehead atoms. The van der Waals surface area contributed by atoms with Gasteiger partial charge in [0.15, 0.2) is 11.7 Å². The zero-order chi connectivity index (χ0) is 17.8. The van der Waals surface area contributed by atoms with E-state index in [4.69, 9.17) is 9.84 Å². The third-order valence-corrected chi connectivity index (χ3v) is 2.93. The highest BCUT2D eigenvalue weighted by Gasteiger charge is 2.35. The molecule has 0 aliphatic carbocycles. The number of nitrogens with one attached hydrogen (secondary N) is 1. The fourth-order valence-electron chi connectivity index (χ4n) is 1.53. The van der Waals surface area contributed by atoms with Crippen LogP contribution in [0.15, 0.2) is 24.3 Å². The van der Waals surface area contributed by atoms with E-state index in [1.807, 2.05) is 0 Å². The Kier molecular flexibility index (Phi) is 5.60. The van der Waals surface area contributed by atoms with E-state index in [2.05, 4.69) is 5.32 Å². The van der Waals surface area contributed by atoms with Crippen LogP contribution in [-0.4, -0.2) is 40.3 Å². The van der Waals surface area contributed by atoms with Crippen LogP contribution in [0.2, 0.25) is 0 Å². The van der Waals surface area contributed by atoms with Crippen LogP contribution in [0.25, 0.3) is 0 Å². The van der Waals surface area contributed by atoms with Gasteiger partial charge in [-0.05, 0) is 26.0 Å². The Labute approximate surface area is 129 Å². The van der Waals surface area contributed by atoms with Gasteiger partial charge in [-0.15, -0.1) is 0 Å². The van der Waals surface area contributed by atoms with Crippen LogP contribution in [0.1, 0.15) is 19.4 Å². The Morgan fingerprint density at radius 3 is 2.39 bits per heavy atom. The number of carbonyl (C=O) groups is 2. The predicted octanol–water partition coefficient (Wildman–Crippen LogP) is 1.42. The number of amides is 1. The normalized spacial score (nSPS) is 15.4. The minimum atomic E-state index is -4.64. The largest absolute Gasteiger partial charge is 0.480 e. The number of aliphatic hydroxyl groups is 1. The van der Waals surface area contributed by atoms with E-state index in [9.17, 15) is 27.9 Å². The molecule has 3 N–H and O–H groups in total. The molecule has 2 atom stereocenters. The lowest BCUT2D eigenvalue weighted by Gasteiger charge is -2.21. The Bertz CT molecular complexity index is 586. The number of hydrogen-bond acceptors (Lipinski definition) is 4. The Morgan fingerprint density at radius 2 is 1.87 bits per heavy atom. The van der Waals surface area contributed by atoms with Gasteiger partial charge in [-0.2, -0.15) is 13.2 Å².